The molecule has 0 radical (unpaired) electrons. The highest BCUT2D eigenvalue weighted by atomic mass is 14.9. The van der Waals surface area contributed by atoms with Crippen LogP contribution in [-0.2, 0) is 0 Å². The zero-order chi connectivity index (χ0) is 9.68. The molecule has 3 N–H and O–H groups in total. The van der Waals surface area contributed by atoms with Crippen molar-refractivity contribution in [2.45, 2.75) is 32.7 Å². The second-order valence-electron chi connectivity index (χ2n) is 4.29. The SMILES string of the molecule is CC(C)C(CN)CNC1CC=CC1. The molecule has 0 aromatic carbocycles. The summed E-state index contributed by atoms with van der Waals surface area (Å²) in [5.41, 5.74) is 5.70. The summed E-state index contributed by atoms with van der Waals surface area (Å²) in [6.45, 7) is 6.35. The molecular formula is C11H22N2. The van der Waals surface area contributed by atoms with Gasteiger partial charge in [-0.25, -0.2) is 0 Å². The van der Waals surface area contributed by atoms with E-state index in [1.807, 2.05) is 0 Å². The first-order chi connectivity index (χ1) is 6.24. The summed E-state index contributed by atoms with van der Waals surface area (Å²) >= 11 is 0. The lowest BCUT2D eigenvalue weighted by Crippen LogP contribution is -2.36. The number of nitrogens with one attached hydrogen (secondary N) is 1. The molecule has 0 aromatic heterocycles. The van der Waals surface area contributed by atoms with Crippen LogP contribution in [0.3, 0.4) is 0 Å². The summed E-state index contributed by atoms with van der Waals surface area (Å²) in [4.78, 5) is 0. The molecule has 0 heterocycles. The molecular weight excluding hydrogens is 160 g/mol. The molecule has 1 unspecified atom stereocenters. The van der Waals surface area contributed by atoms with E-state index in [0.29, 0.717) is 17.9 Å². The summed E-state index contributed by atoms with van der Waals surface area (Å²) in [6, 6.07) is 0.674. The number of nitrogens with two attached hydrogens (primary N) is 1. The van der Waals surface area contributed by atoms with Gasteiger partial charge in [0.15, 0.2) is 0 Å². The Morgan fingerprint density at radius 2 is 2.00 bits per heavy atom. The van der Waals surface area contributed by atoms with Crippen LogP contribution in [0.5, 0.6) is 0 Å². The lowest BCUT2D eigenvalue weighted by molar-refractivity contribution is 0.352. The molecule has 0 saturated heterocycles. The molecule has 13 heavy (non-hydrogen) atoms. The fourth-order valence-electron chi connectivity index (χ4n) is 1.69. The minimum Gasteiger partial charge on any atom is -0.330 e. The molecule has 2 heteroatoms. The predicted octanol–water partition coefficient (Wildman–Crippen LogP) is 1.53. The van der Waals surface area contributed by atoms with Crippen molar-refractivity contribution in [1.82, 2.24) is 5.32 Å². The molecule has 76 valence electrons. The average molecular weight is 182 g/mol. The Morgan fingerprint density at radius 1 is 1.38 bits per heavy atom. The van der Waals surface area contributed by atoms with E-state index in [9.17, 15) is 0 Å². The third-order valence-electron chi connectivity index (χ3n) is 2.92. The highest BCUT2D eigenvalue weighted by Gasteiger charge is 2.14. The van der Waals surface area contributed by atoms with Crippen molar-refractivity contribution in [1.29, 1.82) is 0 Å². The van der Waals surface area contributed by atoms with Crippen molar-refractivity contribution in [3.8, 4) is 0 Å². The van der Waals surface area contributed by atoms with Crippen molar-refractivity contribution in [3.63, 3.8) is 0 Å². The van der Waals surface area contributed by atoms with Gasteiger partial charge in [-0.3, -0.25) is 0 Å². The van der Waals surface area contributed by atoms with Crippen LogP contribution in [0.4, 0.5) is 0 Å². The van der Waals surface area contributed by atoms with Gasteiger partial charge in [0.05, 0.1) is 0 Å². The first-order valence-electron chi connectivity index (χ1n) is 5.32. The predicted molar refractivity (Wildman–Crippen MR) is 57.5 cm³/mol. The molecule has 0 spiro atoms. The second-order valence-corrected chi connectivity index (χ2v) is 4.29. The van der Waals surface area contributed by atoms with Crippen LogP contribution < -0.4 is 11.1 Å². The van der Waals surface area contributed by atoms with E-state index >= 15 is 0 Å². The third-order valence-corrected chi connectivity index (χ3v) is 2.92. The topological polar surface area (TPSA) is 38.0 Å². The highest BCUT2D eigenvalue weighted by Crippen LogP contribution is 2.12. The van der Waals surface area contributed by atoms with Gasteiger partial charge in [-0.15, -0.1) is 0 Å². The van der Waals surface area contributed by atoms with Gasteiger partial charge in [-0.1, -0.05) is 26.0 Å². The Morgan fingerprint density at radius 3 is 2.46 bits per heavy atom. The molecule has 1 aliphatic rings. The Bertz CT molecular complexity index is 155. The number of rotatable bonds is 5. The van der Waals surface area contributed by atoms with Crippen molar-refractivity contribution in [3.05, 3.63) is 12.2 Å². The maximum Gasteiger partial charge on any atom is 0.0136 e. The zero-order valence-electron chi connectivity index (χ0n) is 8.79. The van der Waals surface area contributed by atoms with E-state index in [4.69, 9.17) is 5.73 Å². The third kappa shape index (κ3) is 3.49. The van der Waals surface area contributed by atoms with Crippen LogP contribution in [-0.4, -0.2) is 19.1 Å². The minimum atomic E-state index is 0.626. The molecule has 0 bridgehead atoms. The van der Waals surface area contributed by atoms with E-state index in [-0.39, 0.29) is 0 Å². The van der Waals surface area contributed by atoms with Gasteiger partial charge in [-0.05, 0) is 37.8 Å². The molecule has 1 atom stereocenters. The molecule has 0 fully saturated rings. The van der Waals surface area contributed by atoms with Crippen LogP contribution in [0.15, 0.2) is 12.2 Å². The molecule has 0 aliphatic heterocycles. The van der Waals surface area contributed by atoms with Crippen LogP contribution >= 0.6 is 0 Å². The monoisotopic (exact) mass is 182 g/mol. The minimum absolute atomic E-state index is 0.626. The summed E-state index contributed by atoms with van der Waals surface area (Å²) < 4.78 is 0. The molecule has 2 nitrogen and oxygen atoms in total. The molecule has 0 amide bonds. The lowest BCUT2D eigenvalue weighted by atomic mass is 9.95. The van der Waals surface area contributed by atoms with Gasteiger partial charge >= 0.3 is 0 Å². The normalized spacial score (nSPS) is 20.0. The van der Waals surface area contributed by atoms with E-state index in [0.717, 1.165) is 13.1 Å². The van der Waals surface area contributed by atoms with Crippen molar-refractivity contribution in [2.24, 2.45) is 17.6 Å². The first kappa shape index (κ1) is 10.7. The van der Waals surface area contributed by atoms with Gasteiger partial charge in [0.25, 0.3) is 0 Å². The Kier molecular flexibility index (Phi) is 4.46. The van der Waals surface area contributed by atoms with E-state index in [1.54, 1.807) is 0 Å². The van der Waals surface area contributed by atoms with E-state index in [1.165, 1.54) is 12.8 Å². The summed E-state index contributed by atoms with van der Waals surface area (Å²) in [7, 11) is 0. The lowest BCUT2D eigenvalue weighted by Gasteiger charge is -2.21. The number of hydrogen-bond acceptors (Lipinski definition) is 2. The summed E-state index contributed by atoms with van der Waals surface area (Å²) in [5, 5.41) is 3.57. The number of hydrogen-bond donors (Lipinski definition) is 2. The van der Waals surface area contributed by atoms with Crippen LogP contribution in [0, 0.1) is 11.8 Å². The van der Waals surface area contributed by atoms with Crippen LogP contribution in [0.2, 0.25) is 0 Å². The van der Waals surface area contributed by atoms with Crippen molar-refractivity contribution in [2.75, 3.05) is 13.1 Å². The van der Waals surface area contributed by atoms with Gasteiger partial charge in [0.1, 0.15) is 0 Å². The standard InChI is InChI=1S/C11H22N2/c1-9(2)10(7-12)8-13-11-5-3-4-6-11/h3-4,9-11,13H,5-8,12H2,1-2H3. The van der Waals surface area contributed by atoms with Gasteiger partial charge < -0.3 is 11.1 Å². The van der Waals surface area contributed by atoms with Gasteiger partial charge in [-0.2, -0.15) is 0 Å². The molecule has 0 aromatic rings. The van der Waals surface area contributed by atoms with Crippen molar-refractivity contribution >= 4 is 0 Å². The zero-order valence-corrected chi connectivity index (χ0v) is 8.79. The Labute approximate surface area is 81.6 Å². The maximum atomic E-state index is 5.70. The van der Waals surface area contributed by atoms with E-state index in [2.05, 4.69) is 31.3 Å². The fourth-order valence-corrected chi connectivity index (χ4v) is 1.69. The molecule has 1 rings (SSSR count). The smallest absolute Gasteiger partial charge is 0.0136 e. The van der Waals surface area contributed by atoms with E-state index < -0.39 is 0 Å². The van der Waals surface area contributed by atoms with Crippen LogP contribution in [0.1, 0.15) is 26.7 Å². The Balaban J connectivity index is 2.15. The quantitative estimate of drug-likeness (QED) is 0.633. The van der Waals surface area contributed by atoms with Gasteiger partial charge in [0.2, 0.25) is 0 Å². The highest BCUT2D eigenvalue weighted by molar-refractivity contribution is 4.97. The Hall–Kier alpha value is -0.340. The van der Waals surface area contributed by atoms with Gasteiger partial charge in [0, 0.05) is 6.04 Å². The first-order valence-corrected chi connectivity index (χ1v) is 5.32. The fraction of sp³-hybridized carbons (Fsp3) is 0.818. The average Bonchev–Trinajstić information content (AvgIpc) is 2.57. The molecule has 0 saturated carbocycles. The largest absolute Gasteiger partial charge is 0.330 e. The summed E-state index contributed by atoms with van der Waals surface area (Å²) in [6.07, 6.45) is 6.89. The second kappa shape index (κ2) is 5.40. The summed E-state index contributed by atoms with van der Waals surface area (Å²) in [5.74, 6) is 1.31. The van der Waals surface area contributed by atoms with Crippen LogP contribution in [0.25, 0.3) is 0 Å². The molecule has 1 aliphatic carbocycles. The maximum absolute atomic E-state index is 5.70. The van der Waals surface area contributed by atoms with Crippen molar-refractivity contribution < 1.29 is 0 Å².